The number of carbonyl (C=O) groups is 2. The molecule has 2 amide bonds. The molecule has 1 saturated heterocycles. The summed E-state index contributed by atoms with van der Waals surface area (Å²) in [6, 6.07) is 9.94. The van der Waals surface area contributed by atoms with Crippen molar-refractivity contribution in [1.29, 1.82) is 0 Å². The van der Waals surface area contributed by atoms with Gasteiger partial charge in [-0.3, -0.25) is 9.59 Å². The molecule has 2 aromatic heterocycles. The highest BCUT2D eigenvalue weighted by molar-refractivity contribution is 5.97. The average molecular weight is 502 g/mol. The number of aryl methyl sites for hydroxylation is 1. The van der Waals surface area contributed by atoms with Gasteiger partial charge in [0.25, 0.3) is 0 Å². The van der Waals surface area contributed by atoms with E-state index >= 15 is 0 Å². The van der Waals surface area contributed by atoms with Crippen LogP contribution >= 0.6 is 0 Å². The number of benzene rings is 1. The Morgan fingerprint density at radius 3 is 2.50 bits per heavy atom. The molecule has 3 aromatic rings. The number of nitrogens with zero attached hydrogens (tertiary/aromatic N) is 4. The van der Waals surface area contributed by atoms with Crippen LogP contribution in [-0.2, 0) is 17.5 Å². The van der Waals surface area contributed by atoms with Crippen molar-refractivity contribution in [3.63, 3.8) is 0 Å². The smallest absolute Gasteiger partial charge is 0.366 e. The third kappa shape index (κ3) is 5.80. The Balaban J connectivity index is 1.22. The molecule has 1 aromatic carbocycles. The lowest BCUT2D eigenvalue weighted by molar-refractivity contribution is -0.137. The fourth-order valence-corrected chi connectivity index (χ4v) is 4.69. The SMILES string of the molecule is CN(C(=O)CCCCn1ccc2ccc(C(N)=O)cc21)C1CCN(c2ccc(C(F)(F)F)cn2)CC1. The fourth-order valence-electron chi connectivity index (χ4n) is 4.69. The quantitative estimate of drug-likeness (QED) is 0.462. The fraction of sp³-hybridized carbons (Fsp3) is 0.423. The van der Waals surface area contributed by atoms with E-state index in [9.17, 15) is 22.8 Å². The topological polar surface area (TPSA) is 84.5 Å². The van der Waals surface area contributed by atoms with E-state index in [1.807, 2.05) is 35.2 Å². The largest absolute Gasteiger partial charge is 0.417 e. The average Bonchev–Trinajstić information content (AvgIpc) is 3.28. The maximum Gasteiger partial charge on any atom is 0.417 e. The number of pyridine rings is 1. The van der Waals surface area contributed by atoms with Gasteiger partial charge >= 0.3 is 6.18 Å². The van der Waals surface area contributed by atoms with Crippen molar-refractivity contribution in [2.24, 2.45) is 5.73 Å². The van der Waals surface area contributed by atoms with Gasteiger partial charge in [-0.25, -0.2) is 4.98 Å². The number of carbonyl (C=O) groups excluding carboxylic acids is 2. The predicted octanol–water partition coefficient (Wildman–Crippen LogP) is 4.45. The van der Waals surface area contributed by atoms with E-state index in [1.54, 1.807) is 12.1 Å². The van der Waals surface area contributed by atoms with Crippen molar-refractivity contribution in [2.75, 3.05) is 25.0 Å². The van der Waals surface area contributed by atoms with Crippen LogP contribution in [0, 0.1) is 0 Å². The number of fused-ring (bicyclic) bond motifs is 1. The van der Waals surface area contributed by atoms with Gasteiger partial charge in [-0.05, 0) is 61.4 Å². The number of aromatic nitrogens is 2. The van der Waals surface area contributed by atoms with Gasteiger partial charge in [0.1, 0.15) is 5.82 Å². The maximum absolute atomic E-state index is 12.8. The van der Waals surface area contributed by atoms with Crippen LogP contribution in [0.25, 0.3) is 10.9 Å². The molecule has 0 unspecified atom stereocenters. The zero-order valence-corrected chi connectivity index (χ0v) is 20.2. The Hall–Kier alpha value is -3.56. The minimum atomic E-state index is -4.40. The molecule has 2 N–H and O–H groups in total. The summed E-state index contributed by atoms with van der Waals surface area (Å²) in [6.07, 6.45) is 1.93. The minimum Gasteiger partial charge on any atom is -0.366 e. The van der Waals surface area contributed by atoms with Gasteiger partial charge < -0.3 is 20.1 Å². The molecule has 0 bridgehead atoms. The molecule has 1 aliphatic heterocycles. The van der Waals surface area contributed by atoms with Gasteiger partial charge in [-0.2, -0.15) is 13.2 Å². The number of rotatable bonds is 8. The Morgan fingerprint density at radius 2 is 1.86 bits per heavy atom. The zero-order chi connectivity index (χ0) is 25.9. The first-order valence-corrected chi connectivity index (χ1v) is 12.1. The monoisotopic (exact) mass is 501 g/mol. The lowest BCUT2D eigenvalue weighted by Gasteiger charge is -2.37. The summed E-state index contributed by atoms with van der Waals surface area (Å²) in [5.74, 6) is 0.158. The number of unbranched alkanes of at least 4 members (excludes halogenated alkanes) is 1. The second-order valence-electron chi connectivity index (χ2n) is 9.23. The van der Waals surface area contributed by atoms with Crippen molar-refractivity contribution in [3.05, 3.63) is 59.9 Å². The summed E-state index contributed by atoms with van der Waals surface area (Å²) in [5, 5.41) is 1.04. The normalized spacial score (nSPS) is 14.8. The number of amides is 2. The lowest BCUT2D eigenvalue weighted by Crippen LogP contribution is -2.45. The molecule has 10 heteroatoms. The van der Waals surface area contributed by atoms with E-state index in [4.69, 9.17) is 5.73 Å². The Labute approximate surface area is 207 Å². The van der Waals surface area contributed by atoms with Crippen molar-refractivity contribution in [3.8, 4) is 0 Å². The minimum absolute atomic E-state index is 0.0921. The molecular weight excluding hydrogens is 471 g/mol. The number of primary amides is 1. The standard InChI is InChI=1S/C26H30F3N5O2/c1-32(21-10-14-34(15-11-21)23-8-7-20(17-31-23)26(27,28)29)24(35)4-2-3-12-33-13-9-18-5-6-19(25(30)36)16-22(18)33/h5-9,13,16-17,21H,2-4,10-12,14-15H2,1H3,(H2,30,36). The van der Waals surface area contributed by atoms with E-state index in [2.05, 4.69) is 9.55 Å². The van der Waals surface area contributed by atoms with Crippen LogP contribution in [0.2, 0.25) is 0 Å². The summed E-state index contributed by atoms with van der Waals surface area (Å²) in [6.45, 7) is 2.00. The number of alkyl halides is 3. The molecule has 1 aliphatic rings. The number of anilines is 1. The van der Waals surface area contributed by atoms with Crippen molar-refractivity contribution >= 4 is 28.5 Å². The summed E-state index contributed by atoms with van der Waals surface area (Å²) in [4.78, 5) is 32.0. The summed E-state index contributed by atoms with van der Waals surface area (Å²) in [7, 11) is 1.82. The van der Waals surface area contributed by atoms with Crippen LogP contribution in [0.1, 0.15) is 48.0 Å². The zero-order valence-electron chi connectivity index (χ0n) is 20.2. The van der Waals surface area contributed by atoms with E-state index in [-0.39, 0.29) is 11.9 Å². The highest BCUT2D eigenvalue weighted by Crippen LogP contribution is 2.30. The highest BCUT2D eigenvalue weighted by Gasteiger charge is 2.31. The van der Waals surface area contributed by atoms with Crippen LogP contribution in [0.5, 0.6) is 0 Å². The van der Waals surface area contributed by atoms with E-state index in [1.165, 1.54) is 6.07 Å². The van der Waals surface area contributed by atoms with Gasteiger partial charge in [-0.1, -0.05) is 6.07 Å². The first-order valence-electron chi connectivity index (χ1n) is 12.1. The van der Waals surface area contributed by atoms with Crippen molar-refractivity contribution in [1.82, 2.24) is 14.5 Å². The van der Waals surface area contributed by atoms with Crippen LogP contribution in [0.3, 0.4) is 0 Å². The summed E-state index contributed by atoms with van der Waals surface area (Å²) < 4.78 is 40.3. The van der Waals surface area contributed by atoms with Crippen LogP contribution in [-0.4, -0.2) is 52.4 Å². The Kier molecular flexibility index (Phi) is 7.51. The number of hydrogen-bond donors (Lipinski definition) is 1. The third-order valence-electron chi connectivity index (χ3n) is 6.90. The predicted molar refractivity (Wildman–Crippen MR) is 132 cm³/mol. The van der Waals surface area contributed by atoms with Crippen molar-refractivity contribution in [2.45, 2.75) is 50.9 Å². The van der Waals surface area contributed by atoms with E-state index in [0.717, 1.165) is 55.4 Å². The molecule has 7 nitrogen and oxygen atoms in total. The molecule has 0 radical (unpaired) electrons. The molecule has 0 atom stereocenters. The highest BCUT2D eigenvalue weighted by atomic mass is 19.4. The number of hydrogen-bond acceptors (Lipinski definition) is 4. The summed E-state index contributed by atoms with van der Waals surface area (Å²) in [5.41, 5.74) is 6.05. The van der Waals surface area contributed by atoms with Crippen molar-refractivity contribution < 1.29 is 22.8 Å². The number of halogens is 3. The van der Waals surface area contributed by atoms with Gasteiger partial charge in [0.2, 0.25) is 11.8 Å². The van der Waals surface area contributed by atoms with E-state index < -0.39 is 17.6 Å². The first kappa shape index (κ1) is 25.5. The lowest BCUT2D eigenvalue weighted by atomic mass is 10.0. The van der Waals surface area contributed by atoms with Gasteiger partial charge in [0, 0.05) is 62.6 Å². The maximum atomic E-state index is 12.8. The summed E-state index contributed by atoms with van der Waals surface area (Å²) >= 11 is 0. The second-order valence-corrected chi connectivity index (χ2v) is 9.23. The van der Waals surface area contributed by atoms with Gasteiger partial charge in [0.05, 0.1) is 5.56 Å². The molecule has 4 rings (SSSR count). The molecule has 192 valence electrons. The van der Waals surface area contributed by atoms with Crippen LogP contribution in [0.15, 0.2) is 48.8 Å². The Bertz CT molecular complexity index is 1210. The molecular formula is C26H30F3N5O2. The van der Waals surface area contributed by atoms with Crippen LogP contribution in [0.4, 0.5) is 19.0 Å². The third-order valence-corrected chi connectivity index (χ3v) is 6.90. The number of piperidine rings is 1. The molecule has 0 aliphatic carbocycles. The van der Waals surface area contributed by atoms with Gasteiger partial charge in [0.15, 0.2) is 0 Å². The Morgan fingerprint density at radius 1 is 1.11 bits per heavy atom. The van der Waals surface area contributed by atoms with E-state index in [0.29, 0.717) is 30.9 Å². The molecule has 0 spiro atoms. The molecule has 36 heavy (non-hydrogen) atoms. The molecule has 0 saturated carbocycles. The second kappa shape index (κ2) is 10.6. The van der Waals surface area contributed by atoms with Crippen LogP contribution < -0.4 is 10.6 Å². The first-order chi connectivity index (χ1) is 17.1. The molecule has 3 heterocycles. The number of nitrogens with two attached hydrogens (primary N) is 1. The van der Waals surface area contributed by atoms with Gasteiger partial charge in [-0.15, -0.1) is 0 Å². The molecule has 1 fully saturated rings.